The molecule has 0 radical (unpaired) electrons. The Kier molecular flexibility index (Phi) is 38.7. The van der Waals surface area contributed by atoms with E-state index in [9.17, 15) is 44.9 Å². The minimum Gasteiger partial charge on any atom is -0.391 e. The summed E-state index contributed by atoms with van der Waals surface area (Å²) in [6, 6.07) is -1.03. The Morgan fingerprint density at radius 1 is 0.476 bits per heavy atom. The second-order valence-corrected chi connectivity index (χ2v) is 20.5. The normalized spacial score (nSPS) is 22.2. The van der Waals surface area contributed by atoms with Gasteiger partial charge in [-0.25, -0.2) is 4.57 Å². The lowest BCUT2D eigenvalue weighted by Crippen LogP contribution is -2.64. The van der Waals surface area contributed by atoms with E-state index in [-0.39, 0.29) is 12.3 Å². The Balaban J connectivity index is 2.31. The molecule has 0 spiro atoms. The van der Waals surface area contributed by atoms with Crippen molar-refractivity contribution in [2.24, 2.45) is 0 Å². The molecular weight excluding hydrogens is 822 g/mol. The van der Waals surface area contributed by atoms with Crippen molar-refractivity contribution in [3.63, 3.8) is 0 Å². The van der Waals surface area contributed by atoms with Gasteiger partial charge in [0, 0.05) is 6.42 Å². The van der Waals surface area contributed by atoms with E-state index in [4.69, 9.17) is 9.05 Å². The predicted octanol–water partition coefficient (Wildman–Crippen LogP) is 11.0. The fraction of sp³-hybridized carbons (Fsp3) is 0.980. The molecule has 0 aromatic rings. The number of carbonyl (C=O) groups is 1. The van der Waals surface area contributed by atoms with Gasteiger partial charge in [-0.2, -0.15) is 0 Å². The van der Waals surface area contributed by atoms with Gasteiger partial charge in [0.15, 0.2) is 0 Å². The molecule has 0 heterocycles. The lowest BCUT2D eigenvalue weighted by Gasteiger charge is -2.41. The number of nitrogens with one attached hydrogen (secondary N) is 1. The maximum absolute atomic E-state index is 13.0. The topological polar surface area (TPSA) is 206 Å². The van der Waals surface area contributed by atoms with Crippen LogP contribution in [0.1, 0.15) is 258 Å². The monoisotopic (exact) mass is 922 g/mol. The summed E-state index contributed by atoms with van der Waals surface area (Å²) in [4.78, 5) is 23.5. The van der Waals surface area contributed by atoms with Crippen LogP contribution in [0.15, 0.2) is 0 Å². The predicted molar refractivity (Wildman–Crippen MR) is 255 cm³/mol. The SMILES string of the molecule is CCCCCCCCCCCCCCCCCCCCCCCCCCC(=O)N[C@@H](COP(=O)(O)OC1C(O)C(O)C(O)[C@@H](O)C1O)[C@H](O)CCCCCCCCCCCCCC. The van der Waals surface area contributed by atoms with E-state index in [2.05, 4.69) is 19.2 Å². The highest BCUT2D eigenvalue weighted by molar-refractivity contribution is 7.47. The van der Waals surface area contributed by atoms with E-state index in [0.29, 0.717) is 19.3 Å². The second kappa shape index (κ2) is 40.4. The highest BCUT2D eigenvalue weighted by Gasteiger charge is 2.51. The summed E-state index contributed by atoms with van der Waals surface area (Å²) in [6.45, 7) is 3.91. The number of amides is 1. The molecule has 1 rings (SSSR count). The molecule has 9 atom stereocenters. The molecule has 63 heavy (non-hydrogen) atoms. The summed E-state index contributed by atoms with van der Waals surface area (Å²) in [6.07, 6.45) is 32.9. The van der Waals surface area contributed by atoms with Crippen molar-refractivity contribution in [3.05, 3.63) is 0 Å². The molecule has 6 unspecified atom stereocenters. The number of carbonyl (C=O) groups excluding carboxylic acids is 1. The summed E-state index contributed by atoms with van der Waals surface area (Å²) >= 11 is 0. The number of aliphatic hydroxyl groups excluding tert-OH is 6. The number of phosphoric acid groups is 1. The third kappa shape index (κ3) is 31.9. The van der Waals surface area contributed by atoms with Crippen molar-refractivity contribution >= 4 is 13.7 Å². The van der Waals surface area contributed by atoms with E-state index in [1.807, 2.05) is 0 Å². The number of hydrogen-bond donors (Lipinski definition) is 8. The Morgan fingerprint density at radius 2 is 0.762 bits per heavy atom. The number of phosphoric ester groups is 1. The van der Waals surface area contributed by atoms with E-state index < -0.39 is 63.2 Å². The molecule has 0 saturated heterocycles. The molecule has 8 N–H and O–H groups in total. The maximum Gasteiger partial charge on any atom is 0.472 e. The first-order valence-corrected chi connectivity index (χ1v) is 28.0. The molecule has 13 heteroatoms. The van der Waals surface area contributed by atoms with Crippen LogP contribution in [0.5, 0.6) is 0 Å². The first-order chi connectivity index (χ1) is 30.4. The van der Waals surface area contributed by atoms with E-state index in [1.165, 1.54) is 180 Å². The second-order valence-electron chi connectivity index (χ2n) is 19.1. The zero-order valence-electron chi connectivity index (χ0n) is 40.4. The maximum atomic E-state index is 13.0. The molecule has 0 aliphatic heterocycles. The van der Waals surface area contributed by atoms with Gasteiger partial charge in [0.1, 0.15) is 36.6 Å². The summed E-state index contributed by atoms with van der Waals surface area (Å²) in [5, 5.41) is 64.2. The number of aliphatic hydroxyl groups is 6. The molecule has 0 aromatic carbocycles. The highest BCUT2D eigenvalue weighted by atomic mass is 31.2. The molecule has 376 valence electrons. The average Bonchev–Trinajstić information content (AvgIpc) is 3.27. The minimum absolute atomic E-state index is 0.243. The van der Waals surface area contributed by atoms with Crippen LogP contribution in [0.2, 0.25) is 0 Å². The van der Waals surface area contributed by atoms with Crippen LogP contribution in [-0.4, -0.2) is 96.8 Å². The minimum atomic E-state index is -5.05. The van der Waals surface area contributed by atoms with Crippen molar-refractivity contribution < 1.29 is 53.9 Å². The standard InChI is InChI=1S/C50H100NO11P/c1-3-5-7-9-11-13-15-17-18-19-20-21-22-23-24-25-26-27-28-30-32-34-36-38-40-44(53)51-42(43(52)39-37-35-33-31-29-16-14-12-10-8-6-4-2)41-61-63(59,60)62-50-48(57)46(55)45(54)47(56)49(50)58/h42-43,45-50,52,54-58H,3-41H2,1-2H3,(H,51,53)(H,59,60)/t42-,43+,45?,46+,47?,48?,49?,50?/m0/s1. The van der Waals surface area contributed by atoms with Gasteiger partial charge < -0.3 is 40.8 Å². The van der Waals surface area contributed by atoms with Crippen molar-refractivity contribution in [2.45, 2.75) is 307 Å². The molecule has 1 fully saturated rings. The van der Waals surface area contributed by atoms with Crippen LogP contribution >= 0.6 is 7.82 Å². The molecule has 12 nitrogen and oxygen atoms in total. The highest BCUT2D eigenvalue weighted by Crippen LogP contribution is 2.47. The van der Waals surface area contributed by atoms with Gasteiger partial charge in [-0.15, -0.1) is 0 Å². The van der Waals surface area contributed by atoms with E-state index in [1.54, 1.807) is 0 Å². The zero-order chi connectivity index (χ0) is 46.4. The first-order valence-electron chi connectivity index (χ1n) is 26.5. The van der Waals surface area contributed by atoms with Crippen LogP contribution in [0, 0.1) is 0 Å². The van der Waals surface area contributed by atoms with Crippen molar-refractivity contribution in [1.29, 1.82) is 0 Å². The molecule has 1 saturated carbocycles. The van der Waals surface area contributed by atoms with Crippen molar-refractivity contribution in [1.82, 2.24) is 5.32 Å². The van der Waals surface area contributed by atoms with Gasteiger partial charge in [0.05, 0.1) is 18.8 Å². The molecule has 1 aliphatic rings. The summed E-state index contributed by atoms with van der Waals surface area (Å²) < 4.78 is 23.0. The molecule has 1 amide bonds. The Bertz CT molecular complexity index is 1070. The quantitative estimate of drug-likeness (QED) is 0.0213. The smallest absolute Gasteiger partial charge is 0.391 e. The largest absolute Gasteiger partial charge is 0.472 e. The van der Waals surface area contributed by atoms with Crippen molar-refractivity contribution in [3.8, 4) is 0 Å². The lowest BCUT2D eigenvalue weighted by molar-refractivity contribution is -0.220. The summed E-state index contributed by atoms with van der Waals surface area (Å²) in [5.74, 6) is -0.303. The van der Waals surface area contributed by atoms with Gasteiger partial charge >= 0.3 is 7.82 Å². The van der Waals surface area contributed by atoms with E-state index >= 15 is 0 Å². The van der Waals surface area contributed by atoms with E-state index in [0.717, 1.165) is 38.5 Å². The molecule has 0 bridgehead atoms. The molecule has 0 aromatic heterocycles. The van der Waals surface area contributed by atoms with Gasteiger partial charge in [0.2, 0.25) is 5.91 Å². The number of unbranched alkanes of at least 4 members (excludes halogenated alkanes) is 34. The molecular formula is C50H100NO11P. The van der Waals surface area contributed by atoms with Gasteiger partial charge in [0.25, 0.3) is 0 Å². The average molecular weight is 922 g/mol. The molecule has 1 aliphatic carbocycles. The van der Waals surface area contributed by atoms with Crippen LogP contribution in [-0.2, 0) is 18.4 Å². The number of rotatable bonds is 45. The third-order valence-corrected chi connectivity index (χ3v) is 14.2. The lowest BCUT2D eigenvalue weighted by atomic mass is 9.85. The van der Waals surface area contributed by atoms with Crippen LogP contribution in [0.3, 0.4) is 0 Å². The first kappa shape index (κ1) is 60.4. The Hall–Kier alpha value is -0.660. The fourth-order valence-corrected chi connectivity index (χ4v) is 9.82. The van der Waals surface area contributed by atoms with Crippen LogP contribution < -0.4 is 5.32 Å². The Labute approximate surface area is 385 Å². The summed E-state index contributed by atoms with van der Waals surface area (Å²) in [7, 11) is -5.05. The fourth-order valence-electron chi connectivity index (χ4n) is 8.85. The van der Waals surface area contributed by atoms with Gasteiger partial charge in [-0.05, 0) is 12.8 Å². The van der Waals surface area contributed by atoms with Gasteiger partial charge in [-0.3, -0.25) is 13.8 Å². The van der Waals surface area contributed by atoms with Gasteiger partial charge in [-0.1, -0.05) is 239 Å². The third-order valence-electron chi connectivity index (χ3n) is 13.2. The van der Waals surface area contributed by atoms with Crippen molar-refractivity contribution in [2.75, 3.05) is 6.61 Å². The zero-order valence-corrected chi connectivity index (χ0v) is 41.3. The van der Waals surface area contributed by atoms with Crippen LogP contribution in [0.4, 0.5) is 0 Å². The Morgan fingerprint density at radius 3 is 1.10 bits per heavy atom. The van der Waals surface area contributed by atoms with Crippen LogP contribution in [0.25, 0.3) is 0 Å². The summed E-state index contributed by atoms with van der Waals surface area (Å²) in [5.41, 5.74) is 0. The number of hydrogen-bond acceptors (Lipinski definition) is 10.